The van der Waals surface area contributed by atoms with Crippen molar-refractivity contribution in [3.8, 4) is 0 Å². The normalized spacial score (nSPS) is 16.9. The van der Waals surface area contributed by atoms with Crippen molar-refractivity contribution in [3.63, 3.8) is 0 Å². The van der Waals surface area contributed by atoms with Crippen molar-refractivity contribution < 1.29 is 29.4 Å². The fourth-order valence-corrected chi connectivity index (χ4v) is 7.12. The van der Waals surface area contributed by atoms with E-state index in [1.165, 1.54) is 19.6 Å². The highest BCUT2D eigenvalue weighted by Gasteiger charge is 2.42. The van der Waals surface area contributed by atoms with Crippen LogP contribution in [-0.4, -0.2) is 91.7 Å². The number of thioether (sulfide) groups is 2. The number of rotatable bonds is 12. The van der Waals surface area contributed by atoms with E-state index >= 15 is 0 Å². The van der Waals surface area contributed by atoms with Crippen LogP contribution in [0.1, 0.15) is 12.8 Å². The molecule has 2 N–H and O–H groups in total. The smallest absolute Gasteiger partial charge is 0.267 e. The van der Waals surface area contributed by atoms with Crippen LogP contribution in [0.2, 0.25) is 0 Å². The molecule has 2 saturated heterocycles. The fourth-order valence-electron chi connectivity index (χ4n) is 4.35. The van der Waals surface area contributed by atoms with Crippen molar-refractivity contribution in [2.75, 3.05) is 49.2 Å². The monoisotopic (exact) mass is 644 g/mol. The summed E-state index contributed by atoms with van der Waals surface area (Å²) in [4.78, 5) is 58.3. The maximum absolute atomic E-state index is 13.3. The molecule has 0 saturated carbocycles. The van der Waals surface area contributed by atoms with Crippen LogP contribution in [0.4, 0.5) is 11.4 Å². The van der Waals surface area contributed by atoms with Gasteiger partial charge >= 0.3 is 0 Å². The number of benzene rings is 2. The highest BCUT2D eigenvalue weighted by Crippen LogP contribution is 2.42. The van der Waals surface area contributed by atoms with Crippen molar-refractivity contribution in [2.45, 2.75) is 12.8 Å². The Balaban J connectivity index is 1.40. The van der Waals surface area contributed by atoms with Crippen LogP contribution in [0.25, 0.3) is 0 Å². The molecule has 2 aliphatic heterocycles. The van der Waals surface area contributed by atoms with E-state index in [0.29, 0.717) is 11.4 Å². The van der Waals surface area contributed by atoms with Gasteiger partial charge < -0.3 is 20.0 Å². The van der Waals surface area contributed by atoms with Gasteiger partial charge in [-0.25, -0.2) is 0 Å². The second-order valence-corrected chi connectivity index (χ2v) is 12.3. The first kappa shape index (κ1) is 31.8. The van der Waals surface area contributed by atoms with Crippen LogP contribution in [-0.2, 0) is 19.2 Å². The van der Waals surface area contributed by atoms with E-state index < -0.39 is 11.8 Å². The van der Waals surface area contributed by atoms with E-state index in [1.807, 2.05) is 12.1 Å². The second-order valence-electron chi connectivity index (χ2n) is 9.02. The van der Waals surface area contributed by atoms with Crippen LogP contribution in [0.3, 0.4) is 0 Å². The zero-order chi connectivity index (χ0) is 30.2. The standard InChI is InChI=1S/C28H28N4O6S4/c33-17-15-29(19-7-3-1-4-8-19)21(35)11-13-31-25(37)23(41-27(31)39)24-26(38)32(28(40)42-24)14-12-22(36)30(16-18-34)20-9-5-2-6-10-20/h1-10,33-34H,11-18H2. The van der Waals surface area contributed by atoms with Crippen molar-refractivity contribution >= 4 is 91.6 Å². The summed E-state index contributed by atoms with van der Waals surface area (Å²) < 4.78 is 0.443. The number of thiocarbonyl (C=S) groups is 2. The van der Waals surface area contributed by atoms with Crippen LogP contribution in [0, 0.1) is 0 Å². The van der Waals surface area contributed by atoms with Crippen molar-refractivity contribution in [1.29, 1.82) is 0 Å². The molecule has 2 heterocycles. The molecule has 14 heteroatoms. The fraction of sp³-hybridized carbons (Fsp3) is 0.286. The Morgan fingerprint density at radius 2 is 1.02 bits per heavy atom. The molecule has 220 valence electrons. The lowest BCUT2D eigenvalue weighted by atomic mass is 10.2. The van der Waals surface area contributed by atoms with E-state index in [0.717, 1.165) is 23.5 Å². The van der Waals surface area contributed by atoms with Crippen molar-refractivity contribution in [3.05, 3.63) is 70.5 Å². The summed E-state index contributed by atoms with van der Waals surface area (Å²) in [5.74, 6) is -1.54. The summed E-state index contributed by atoms with van der Waals surface area (Å²) in [6.45, 7) is -0.209. The molecule has 42 heavy (non-hydrogen) atoms. The third-order valence-corrected chi connectivity index (χ3v) is 9.41. The summed E-state index contributed by atoms with van der Waals surface area (Å²) >= 11 is 12.8. The topological polar surface area (TPSA) is 122 Å². The molecule has 0 radical (unpaired) electrons. The molecule has 0 unspecified atom stereocenters. The summed E-state index contributed by atoms with van der Waals surface area (Å²) in [5, 5.41) is 18.9. The van der Waals surface area contributed by atoms with E-state index in [9.17, 15) is 29.4 Å². The number of carbonyl (C=O) groups is 4. The Kier molecular flexibility index (Phi) is 11.2. The summed E-state index contributed by atoms with van der Waals surface area (Å²) in [7, 11) is 0. The van der Waals surface area contributed by atoms with Crippen LogP contribution in [0.5, 0.6) is 0 Å². The largest absolute Gasteiger partial charge is 0.395 e. The number of para-hydroxylation sites is 2. The summed E-state index contributed by atoms with van der Waals surface area (Å²) in [6.07, 6.45) is -0.0765. The van der Waals surface area contributed by atoms with Crippen molar-refractivity contribution in [2.24, 2.45) is 0 Å². The van der Waals surface area contributed by atoms with Gasteiger partial charge in [-0.15, -0.1) is 0 Å². The average molecular weight is 645 g/mol. The van der Waals surface area contributed by atoms with Crippen molar-refractivity contribution in [1.82, 2.24) is 9.80 Å². The van der Waals surface area contributed by atoms with Gasteiger partial charge in [0, 0.05) is 50.4 Å². The molecule has 2 fully saturated rings. The molecule has 2 aromatic carbocycles. The maximum Gasteiger partial charge on any atom is 0.267 e. The number of anilines is 2. The lowest BCUT2D eigenvalue weighted by molar-refractivity contribution is -0.126. The van der Waals surface area contributed by atoms with Crippen LogP contribution >= 0.6 is 48.0 Å². The van der Waals surface area contributed by atoms with Gasteiger partial charge in [0.05, 0.1) is 23.0 Å². The Labute approximate surface area is 262 Å². The van der Waals surface area contributed by atoms with Gasteiger partial charge in [0.1, 0.15) is 8.64 Å². The predicted octanol–water partition coefficient (Wildman–Crippen LogP) is 2.75. The number of hydrogen-bond acceptors (Lipinski definition) is 10. The Morgan fingerprint density at radius 3 is 1.36 bits per heavy atom. The lowest BCUT2D eigenvalue weighted by Crippen LogP contribution is -2.38. The van der Waals surface area contributed by atoms with Gasteiger partial charge in [-0.05, 0) is 24.3 Å². The number of aliphatic hydroxyl groups is 2. The first-order valence-electron chi connectivity index (χ1n) is 13.0. The van der Waals surface area contributed by atoms with E-state index in [-0.39, 0.29) is 82.5 Å². The number of nitrogens with zero attached hydrogens (tertiary/aromatic N) is 4. The zero-order valence-electron chi connectivity index (χ0n) is 22.4. The van der Waals surface area contributed by atoms with Gasteiger partial charge in [-0.2, -0.15) is 0 Å². The minimum Gasteiger partial charge on any atom is -0.395 e. The molecule has 0 bridgehead atoms. The SMILES string of the molecule is O=C1C(=C2SC(=S)N(CCC(=O)N(CCO)c3ccccc3)C2=O)SC(=S)N1CCC(=O)N(CCO)c1ccccc1. The Hall–Kier alpha value is -3.14. The number of aliphatic hydroxyl groups excluding tert-OH is 2. The molecule has 0 aromatic heterocycles. The number of hydrogen-bond donors (Lipinski definition) is 2. The Bertz CT molecular complexity index is 1300. The highest BCUT2D eigenvalue weighted by molar-refractivity contribution is 8.29. The molecular weight excluding hydrogens is 617 g/mol. The van der Waals surface area contributed by atoms with Crippen LogP contribution in [0.15, 0.2) is 70.5 Å². The first-order chi connectivity index (χ1) is 20.3. The summed E-state index contributed by atoms with van der Waals surface area (Å²) in [6, 6.07) is 17.8. The van der Waals surface area contributed by atoms with Gasteiger partial charge in [0.25, 0.3) is 11.8 Å². The first-order valence-corrected chi connectivity index (χ1v) is 15.5. The summed E-state index contributed by atoms with van der Waals surface area (Å²) in [5.41, 5.74) is 1.26. The van der Waals surface area contributed by atoms with Gasteiger partial charge in [0.15, 0.2) is 0 Å². The van der Waals surface area contributed by atoms with Gasteiger partial charge in [-0.1, -0.05) is 84.4 Å². The lowest BCUT2D eigenvalue weighted by Gasteiger charge is -2.23. The van der Waals surface area contributed by atoms with Gasteiger partial charge in [0.2, 0.25) is 11.8 Å². The molecule has 0 atom stereocenters. The predicted molar refractivity (Wildman–Crippen MR) is 172 cm³/mol. The third-order valence-electron chi connectivity index (χ3n) is 6.39. The third kappa shape index (κ3) is 7.25. The average Bonchev–Trinajstić information content (AvgIpc) is 3.44. The zero-order valence-corrected chi connectivity index (χ0v) is 25.6. The highest BCUT2D eigenvalue weighted by atomic mass is 32.2. The Morgan fingerprint density at radius 1 is 0.667 bits per heavy atom. The maximum atomic E-state index is 13.3. The molecule has 10 nitrogen and oxygen atoms in total. The minimum atomic E-state index is -0.485. The molecule has 2 aliphatic rings. The molecule has 2 aromatic rings. The number of amides is 4. The van der Waals surface area contributed by atoms with E-state index in [1.54, 1.807) is 48.5 Å². The quantitative estimate of drug-likeness (QED) is 0.264. The second kappa shape index (κ2) is 14.8. The number of carbonyl (C=O) groups excluding carboxylic acids is 4. The minimum absolute atomic E-state index is 0.0107. The van der Waals surface area contributed by atoms with Gasteiger partial charge in [-0.3, -0.25) is 29.0 Å². The molecular formula is C28H28N4O6S4. The molecule has 4 rings (SSSR count). The van der Waals surface area contributed by atoms with E-state index in [2.05, 4.69) is 0 Å². The molecule has 4 amide bonds. The molecule has 0 aliphatic carbocycles. The van der Waals surface area contributed by atoms with Crippen LogP contribution < -0.4 is 9.80 Å². The van der Waals surface area contributed by atoms with E-state index in [4.69, 9.17) is 24.4 Å². The molecule has 0 spiro atoms.